The lowest BCUT2D eigenvalue weighted by molar-refractivity contribution is 0.353. The molecule has 0 amide bonds. The third-order valence-corrected chi connectivity index (χ3v) is 6.22. The monoisotopic (exact) mass is 433 g/mol. The second kappa shape index (κ2) is 8.87. The van der Waals surface area contributed by atoms with E-state index in [1.807, 2.05) is 48.7 Å². The zero-order valence-corrected chi connectivity index (χ0v) is 17.7. The Kier molecular flexibility index (Phi) is 6.27. The number of hydrogen-bond acceptors (Lipinski definition) is 3. The molecule has 0 atom stereocenters. The second-order valence-electron chi connectivity index (χ2n) is 7.33. The van der Waals surface area contributed by atoms with Crippen molar-refractivity contribution in [3.05, 3.63) is 69.3 Å². The van der Waals surface area contributed by atoms with Gasteiger partial charge in [0.25, 0.3) is 0 Å². The van der Waals surface area contributed by atoms with Gasteiger partial charge in [-0.3, -0.25) is 4.98 Å². The Morgan fingerprint density at radius 3 is 2.39 bits per heavy atom. The summed E-state index contributed by atoms with van der Waals surface area (Å²) in [5, 5.41) is 10.6. The number of pyridine rings is 1. The Hall–Kier alpha value is -1.52. The molecule has 2 aromatic carbocycles. The average molecular weight is 435 g/mol. The lowest BCUT2D eigenvalue weighted by Gasteiger charge is -2.31. The van der Waals surface area contributed by atoms with Crippen LogP contribution >= 0.6 is 34.8 Å². The van der Waals surface area contributed by atoms with E-state index in [4.69, 9.17) is 34.8 Å². The van der Waals surface area contributed by atoms with Gasteiger partial charge >= 0.3 is 0 Å². The van der Waals surface area contributed by atoms with E-state index in [1.54, 1.807) is 0 Å². The highest BCUT2D eigenvalue weighted by Crippen LogP contribution is 2.28. The summed E-state index contributed by atoms with van der Waals surface area (Å²) in [6, 6.07) is 14.5. The van der Waals surface area contributed by atoms with Crippen LogP contribution < -0.4 is 10.6 Å². The second-order valence-corrected chi connectivity index (χ2v) is 8.61. The Bertz CT molecular complexity index is 968. The molecule has 1 aliphatic rings. The van der Waals surface area contributed by atoms with Crippen molar-refractivity contribution in [1.29, 1.82) is 0 Å². The normalized spacial score (nSPS) is 19.7. The van der Waals surface area contributed by atoms with Gasteiger partial charge in [0.05, 0.1) is 5.52 Å². The lowest BCUT2D eigenvalue weighted by Crippen LogP contribution is -2.36. The molecule has 1 heterocycles. The van der Waals surface area contributed by atoms with Crippen LogP contribution in [0.3, 0.4) is 0 Å². The fourth-order valence-corrected chi connectivity index (χ4v) is 4.39. The van der Waals surface area contributed by atoms with E-state index in [0.717, 1.165) is 64.4 Å². The van der Waals surface area contributed by atoms with Crippen LogP contribution in [0, 0.1) is 0 Å². The van der Waals surface area contributed by atoms with Gasteiger partial charge in [-0.15, -0.1) is 0 Å². The van der Waals surface area contributed by atoms with E-state index in [-0.39, 0.29) is 0 Å². The minimum Gasteiger partial charge on any atom is -0.382 e. The Morgan fingerprint density at radius 1 is 0.857 bits per heavy atom. The van der Waals surface area contributed by atoms with Gasteiger partial charge in [-0.1, -0.05) is 34.8 Å². The number of hydrogen-bond donors (Lipinski definition) is 2. The van der Waals surface area contributed by atoms with Gasteiger partial charge in [0.15, 0.2) is 0 Å². The summed E-state index contributed by atoms with van der Waals surface area (Å²) in [7, 11) is 0. The summed E-state index contributed by atoms with van der Waals surface area (Å²) in [4.78, 5) is 4.42. The largest absolute Gasteiger partial charge is 0.382 e. The van der Waals surface area contributed by atoms with Crippen molar-refractivity contribution >= 4 is 51.4 Å². The number of halogens is 3. The van der Waals surface area contributed by atoms with Crippen molar-refractivity contribution in [3.8, 4) is 0 Å². The molecule has 1 saturated carbocycles. The Labute approximate surface area is 180 Å². The molecule has 3 aromatic rings. The number of benzene rings is 2. The zero-order valence-electron chi connectivity index (χ0n) is 15.4. The van der Waals surface area contributed by atoms with Crippen molar-refractivity contribution in [2.75, 3.05) is 5.32 Å². The van der Waals surface area contributed by atoms with Gasteiger partial charge in [-0.25, -0.2) is 0 Å². The molecule has 146 valence electrons. The third-order valence-electron chi connectivity index (χ3n) is 5.38. The highest BCUT2D eigenvalue weighted by atomic mass is 35.5. The van der Waals surface area contributed by atoms with Crippen molar-refractivity contribution in [2.24, 2.45) is 0 Å². The van der Waals surface area contributed by atoms with Crippen LogP contribution in [0.25, 0.3) is 10.9 Å². The maximum absolute atomic E-state index is 6.26. The molecule has 0 aliphatic heterocycles. The number of nitrogens with zero attached hydrogens (tertiary/aromatic N) is 1. The third kappa shape index (κ3) is 4.72. The minimum atomic E-state index is 0.467. The average Bonchev–Trinajstić information content (AvgIpc) is 2.70. The summed E-state index contributed by atoms with van der Waals surface area (Å²) in [5.74, 6) is 0. The standard InChI is InChI=1S/C22H22Cl3N3/c23-15-2-8-20(25)14(11-15)13-27-17-3-5-18(6-4-17)28-21-9-10-26-22-12-16(24)1-7-19(21)22/h1-2,7-12,17-18,27H,3-6,13H2,(H,26,28). The molecular formula is C22H22Cl3N3. The molecule has 1 aliphatic carbocycles. The van der Waals surface area contributed by atoms with Crippen LogP contribution in [-0.4, -0.2) is 17.1 Å². The maximum atomic E-state index is 6.26. The van der Waals surface area contributed by atoms with Crippen molar-refractivity contribution in [2.45, 2.75) is 44.3 Å². The van der Waals surface area contributed by atoms with Gasteiger partial charge < -0.3 is 10.6 Å². The molecule has 0 saturated heterocycles. The van der Waals surface area contributed by atoms with E-state index in [9.17, 15) is 0 Å². The smallest absolute Gasteiger partial charge is 0.0737 e. The molecular weight excluding hydrogens is 413 g/mol. The van der Waals surface area contributed by atoms with Gasteiger partial charge in [-0.05, 0) is 73.7 Å². The lowest BCUT2D eigenvalue weighted by atomic mass is 9.90. The molecule has 1 fully saturated rings. The number of aromatic nitrogens is 1. The summed E-state index contributed by atoms with van der Waals surface area (Å²) < 4.78 is 0. The van der Waals surface area contributed by atoms with E-state index >= 15 is 0 Å². The Balaban J connectivity index is 1.33. The van der Waals surface area contributed by atoms with E-state index in [1.165, 1.54) is 0 Å². The molecule has 0 radical (unpaired) electrons. The predicted molar refractivity (Wildman–Crippen MR) is 120 cm³/mol. The van der Waals surface area contributed by atoms with Crippen LogP contribution in [0.5, 0.6) is 0 Å². The predicted octanol–water partition coefficient (Wildman–Crippen LogP) is 6.71. The molecule has 6 heteroatoms. The van der Waals surface area contributed by atoms with Crippen LogP contribution in [-0.2, 0) is 6.54 Å². The SMILES string of the molecule is Clc1ccc(Cl)c(CNC2CCC(Nc3ccnc4cc(Cl)ccc34)CC2)c1. The molecule has 0 bridgehead atoms. The topological polar surface area (TPSA) is 37.0 Å². The Morgan fingerprint density at radius 2 is 1.57 bits per heavy atom. The first-order valence-electron chi connectivity index (χ1n) is 9.56. The van der Waals surface area contributed by atoms with Crippen LogP contribution in [0.1, 0.15) is 31.2 Å². The van der Waals surface area contributed by atoms with Gasteiger partial charge in [-0.2, -0.15) is 0 Å². The fourth-order valence-electron chi connectivity index (χ4n) is 3.84. The highest BCUT2D eigenvalue weighted by Gasteiger charge is 2.21. The molecule has 3 nitrogen and oxygen atoms in total. The molecule has 2 N–H and O–H groups in total. The molecule has 1 aromatic heterocycles. The van der Waals surface area contributed by atoms with Crippen LogP contribution in [0.4, 0.5) is 5.69 Å². The molecule has 0 spiro atoms. The van der Waals surface area contributed by atoms with E-state index < -0.39 is 0 Å². The summed E-state index contributed by atoms with van der Waals surface area (Å²) in [5.41, 5.74) is 3.10. The van der Waals surface area contributed by atoms with Gasteiger partial charge in [0.2, 0.25) is 0 Å². The van der Waals surface area contributed by atoms with Gasteiger partial charge in [0, 0.05) is 51.0 Å². The molecule has 4 rings (SSSR count). The first kappa shape index (κ1) is 19.8. The molecule has 28 heavy (non-hydrogen) atoms. The number of anilines is 1. The molecule has 0 unspecified atom stereocenters. The number of rotatable bonds is 5. The quantitative estimate of drug-likeness (QED) is 0.468. The van der Waals surface area contributed by atoms with Crippen LogP contribution in [0.2, 0.25) is 15.1 Å². The number of nitrogens with one attached hydrogen (secondary N) is 2. The minimum absolute atomic E-state index is 0.467. The summed E-state index contributed by atoms with van der Waals surface area (Å²) in [6.07, 6.45) is 6.34. The van der Waals surface area contributed by atoms with Gasteiger partial charge in [0.1, 0.15) is 0 Å². The van der Waals surface area contributed by atoms with Crippen LogP contribution in [0.15, 0.2) is 48.7 Å². The van der Waals surface area contributed by atoms with Crippen molar-refractivity contribution in [3.63, 3.8) is 0 Å². The van der Waals surface area contributed by atoms with Crippen molar-refractivity contribution in [1.82, 2.24) is 10.3 Å². The first-order chi connectivity index (χ1) is 13.6. The maximum Gasteiger partial charge on any atom is 0.0737 e. The fraction of sp³-hybridized carbons (Fsp3) is 0.318. The van der Waals surface area contributed by atoms with Crippen molar-refractivity contribution < 1.29 is 0 Å². The summed E-state index contributed by atoms with van der Waals surface area (Å²) >= 11 is 18.4. The van der Waals surface area contributed by atoms with E-state index in [0.29, 0.717) is 17.1 Å². The zero-order chi connectivity index (χ0) is 19.5. The first-order valence-corrected chi connectivity index (χ1v) is 10.7. The highest BCUT2D eigenvalue weighted by molar-refractivity contribution is 6.33. The summed E-state index contributed by atoms with van der Waals surface area (Å²) in [6.45, 7) is 0.748. The number of fused-ring (bicyclic) bond motifs is 1. The van der Waals surface area contributed by atoms with E-state index in [2.05, 4.69) is 15.6 Å².